The molecule has 0 radical (unpaired) electrons. The average Bonchev–Trinajstić information content (AvgIpc) is 2.71. The van der Waals surface area contributed by atoms with Crippen LogP contribution in [0.2, 0.25) is 0 Å². The molecule has 2 aliphatic rings. The third-order valence-corrected chi connectivity index (χ3v) is 6.01. The molecule has 3 atom stereocenters. The first-order valence-corrected chi connectivity index (χ1v) is 7.99. The van der Waals surface area contributed by atoms with E-state index >= 15 is 0 Å². The minimum absolute atomic E-state index is 0.368. The van der Waals surface area contributed by atoms with Crippen molar-refractivity contribution in [3.8, 4) is 0 Å². The first-order chi connectivity index (χ1) is 8.24. The van der Waals surface area contributed by atoms with E-state index in [2.05, 4.69) is 46.4 Å². The normalized spacial score (nSPS) is 34.7. The van der Waals surface area contributed by atoms with Crippen LogP contribution in [0.4, 0.5) is 0 Å². The maximum Gasteiger partial charge on any atom is 0.0125 e. The quantitative estimate of drug-likeness (QED) is 0.695. The fourth-order valence-corrected chi connectivity index (χ4v) is 3.98. The minimum atomic E-state index is 0.368. The molecule has 0 N–H and O–H groups in total. The largest absolute Gasteiger partial charge is 0.298 e. The highest BCUT2D eigenvalue weighted by Crippen LogP contribution is 2.47. The van der Waals surface area contributed by atoms with Crippen LogP contribution >= 0.6 is 0 Å². The Morgan fingerprint density at radius 3 is 2.11 bits per heavy atom. The zero-order valence-corrected chi connectivity index (χ0v) is 13.4. The molecule has 2 fully saturated rings. The predicted octanol–water partition coefficient (Wildman–Crippen LogP) is 4.57. The summed E-state index contributed by atoms with van der Waals surface area (Å²) >= 11 is 0. The Hall–Kier alpha value is -0.0400. The zero-order chi connectivity index (χ0) is 13.6. The molecule has 0 bridgehead atoms. The van der Waals surface area contributed by atoms with Gasteiger partial charge in [-0.3, -0.25) is 4.90 Å². The van der Waals surface area contributed by atoms with Crippen molar-refractivity contribution in [2.75, 3.05) is 13.1 Å². The molecule has 0 aromatic carbocycles. The molecule has 1 nitrogen and oxygen atoms in total. The molecule has 0 spiro atoms. The van der Waals surface area contributed by atoms with Crippen molar-refractivity contribution in [2.45, 2.75) is 72.8 Å². The molecular weight excluding hydrogens is 218 g/mol. The van der Waals surface area contributed by atoms with Crippen LogP contribution in [-0.4, -0.2) is 23.5 Å². The first kappa shape index (κ1) is 14.4. The van der Waals surface area contributed by atoms with E-state index in [0.717, 1.165) is 17.8 Å². The summed E-state index contributed by atoms with van der Waals surface area (Å²) in [7, 11) is 0. The van der Waals surface area contributed by atoms with Gasteiger partial charge in [0.2, 0.25) is 0 Å². The molecule has 2 rings (SSSR count). The van der Waals surface area contributed by atoms with E-state index in [1.807, 2.05) is 0 Å². The Bertz CT molecular complexity index is 286. The number of hydrogen-bond donors (Lipinski definition) is 0. The molecule has 1 heterocycles. The lowest BCUT2D eigenvalue weighted by molar-refractivity contribution is 0.103. The molecule has 0 amide bonds. The monoisotopic (exact) mass is 251 g/mol. The van der Waals surface area contributed by atoms with Gasteiger partial charge in [0.15, 0.2) is 0 Å². The number of hydrogen-bond acceptors (Lipinski definition) is 1. The van der Waals surface area contributed by atoms with E-state index in [0.29, 0.717) is 11.0 Å². The summed E-state index contributed by atoms with van der Waals surface area (Å²) in [6, 6.07) is 0. The van der Waals surface area contributed by atoms with Gasteiger partial charge < -0.3 is 0 Å². The van der Waals surface area contributed by atoms with E-state index in [-0.39, 0.29) is 0 Å². The molecule has 1 saturated carbocycles. The second-order valence-electron chi connectivity index (χ2n) is 8.45. The van der Waals surface area contributed by atoms with E-state index < -0.39 is 0 Å². The second kappa shape index (κ2) is 4.81. The SMILES string of the molecule is CCC(C)(C)C1CCC2CN(C(C)(C)C)CC2C1. The molecular formula is C17H33N. The molecule has 1 saturated heterocycles. The molecule has 0 aromatic rings. The minimum Gasteiger partial charge on any atom is -0.298 e. The summed E-state index contributed by atoms with van der Waals surface area (Å²) in [6.07, 6.45) is 5.77. The van der Waals surface area contributed by atoms with Crippen molar-refractivity contribution >= 4 is 0 Å². The molecule has 1 heteroatoms. The standard InChI is InChI=1S/C17H33N/c1-7-17(5,6)15-9-8-13-11-18(16(2,3)4)12-14(13)10-15/h13-15H,7-12H2,1-6H3. The summed E-state index contributed by atoms with van der Waals surface area (Å²) < 4.78 is 0. The number of fused-ring (bicyclic) bond motifs is 1. The Morgan fingerprint density at radius 1 is 0.944 bits per heavy atom. The number of nitrogens with zero attached hydrogens (tertiary/aromatic N) is 1. The fourth-order valence-electron chi connectivity index (χ4n) is 3.98. The lowest BCUT2D eigenvalue weighted by Crippen LogP contribution is -2.39. The molecule has 3 unspecified atom stereocenters. The van der Waals surface area contributed by atoms with E-state index in [1.54, 1.807) is 0 Å². The van der Waals surface area contributed by atoms with E-state index in [4.69, 9.17) is 0 Å². The highest BCUT2D eigenvalue weighted by atomic mass is 15.2. The number of likely N-dealkylation sites (tertiary alicyclic amines) is 1. The summed E-state index contributed by atoms with van der Waals surface area (Å²) in [5.41, 5.74) is 0.924. The maximum atomic E-state index is 2.73. The van der Waals surface area contributed by atoms with Crippen molar-refractivity contribution < 1.29 is 0 Å². The van der Waals surface area contributed by atoms with Crippen LogP contribution in [0.5, 0.6) is 0 Å². The third kappa shape index (κ3) is 2.76. The van der Waals surface area contributed by atoms with Crippen molar-refractivity contribution in [1.82, 2.24) is 4.90 Å². The summed E-state index contributed by atoms with van der Waals surface area (Å²) in [5, 5.41) is 0. The van der Waals surface area contributed by atoms with Gasteiger partial charge in [-0.2, -0.15) is 0 Å². The molecule has 0 aromatic heterocycles. The van der Waals surface area contributed by atoms with Gasteiger partial charge in [0, 0.05) is 18.6 Å². The predicted molar refractivity (Wildman–Crippen MR) is 79.7 cm³/mol. The van der Waals surface area contributed by atoms with Crippen molar-refractivity contribution in [3.05, 3.63) is 0 Å². The van der Waals surface area contributed by atoms with E-state index in [1.165, 1.54) is 38.8 Å². The third-order valence-electron chi connectivity index (χ3n) is 6.01. The molecule has 106 valence electrons. The van der Waals surface area contributed by atoms with Gasteiger partial charge in [-0.05, 0) is 63.2 Å². The van der Waals surface area contributed by atoms with Gasteiger partial charge in [-0.1, -0.05) is 27.2 Å². The van der Waals surface area contributed by atoms with Gasteiger partial charge in [0.1, 0.15) is 0 Å². The molecule has 1 aliphatic carbocycles. The average molecular weight is 251 g/mol. The maximum absolute atomic E-state index is 2.73. The Morgan fingerprint density at radius 2 is 1.56 bits per heavy atom. The highest BCUT2D eigenvalue weighted by Gasteiger charge is 2.43. The molecule has 18 heavy (non-hydrogen) atoms. The van der Waals surface area contributed by atoms with Gasteiger partial charge >= 0.3 is 0 Å². The van der Waals surface area contributed by atoms with Crippen molar-refractivity contribution in [2.24, 2.45) is 23.2 Å². The van der Waals surface area contributed by atoms with Gasteiger partial charge in [0.25, 0.3) is 0 Å². The van der Waals surface area contributed by atoms with Crippen LogP contribution in [0.3, 0.4) is 0 Å². The highest BCUT2D eigenvalue weighted by molar-refractivity contribution is 4.95. The van der Waals surface area contributed by atoms with Crippen molar-refractivity contribution in [3.63, 3.8) is 0 Å². The van der Waals surface area contributed by atoms with Gasteiger partial charge in [0.05, 0.1) is 0 Å². The van der Waals surface area contributed by atoms with Crippen molar-refractivity contribution in [1.29, 1.82) is 0 Å². The zero-order valence-electron chi connectivity index (χ0n) is 13.4. The van der Waals surface area contributed by atoms with Crippen LogP contribution in [0.15, 0.2) is 0 Å². The van der Waals surface area contributed by atoms with Crippen LogP contribution in [0, 0.1) is 23.2 Å². The summed E-state index contributed by atoms with van der Waals surface area (Å²) in [4.78, 5) is 2.73. The lowest BCUT2D eigenvalue weighted by Gasteiger charge is -2.40. The van der Waals surface area contributed by atoms with Gasteiger partial charge in [-0.15, -0.1) is 0 Å². The van der Waals surface area contributed by atoms with Crippen LogP contribution in [-0.2, 0) is 0 Å². The summed E-state index contributed by atoms with van der Waals surface area (Å²) in [5.74, 6) is 2.94. The Labute approximate surface area is 114 Å². The number of rotatable bonds is 2. The molecule has 1 aliphatic heterocycles. The van der Waals surface area contributed by atoms with E-state index in [9.17, 15) is 0 Å². The Kier molecular flexibility index (Phi) is 3.84. The Balaban J connectivity index is 1.99. The van der Waals surface area contributed by atoms with Crippen LogP contribution < -0.4 is 0 Å². The topological polar surface area (TPSA) is 3.24 Å². The van der Waals surface area contributed by atoms with Gasteiger partial charge in [-0.25, -0.2) is 0 Å². The summed E-state index contributed by atoms with van der Waals surface area (Å²) in [6.45, 7) is 17.1. The smallest absolute Gasteiger partial charge is 0.0125 e. The fraction of sp³-hybridized carbons (Fsp3) is 1.00. The second-order valence-corrected chi connectivity index (χ2v) is 8.45. The first-order valence-electron chi connectivity index (χ1n) is 7.99. The van der Waals surface area contributed by atoms with Crippen LogP contribution in [0.25, 0.3) is 0 Å². The lowest BCUT2D eigenvalue weighted by atomic mass is 9.65. The van der Waals surface area contributed by atoms with Crippen LogP contribution in [0.1, 0.15) is 67.2 Å².